The summed E-state index contributed by atoms with van der Waals surface area (Å²) in [7, 11) is 0. The van der Waals surface area contributed by atoms with E-state index in [1.807, 2.05) is 6.92 Å². The van der Waals surface area contributed by atoms with Crippen LogP contribution in [0.1, 0.15) is 20.3 Å². The molecule has 1 rings (SSSR count). The van der Waals surface area contributed by atoms with Crippen LogP contribution in [0.5, 0.6) is 0 Å². The Morgan fingerprint density at radius 2 is 2.36 bits per heavy atom. The van der Waals surface area contributed by atoms with E-state index in [1.54, 1.807) is 4.90 Å². The largest absolute Gasteiger partial charge is 0.342 e. The molecule has 3 heteroatoms. The number of carbonyl (C=O) groups is 2. The Kier molecular flexibility index (Phi) is 2.27. The second kappa shape index (κ2) is 3.03. The first-order chi connectivity index (χ1) is 5.16. The van der Waals surface area contributed by atoms with Gasteiger partial charge in [-0.1, -0.05) is 0 Å². The molecule has 0 aromatic rings. The maximum atomic E-state index is 11.3. The molecule has 0 saturated carbocycles. The van der Waals surface area contributed by atoms with E-state index in [-0.39, 0.29) is 17.6 Å². The maximum Gasteiger partial charge on any atom is 0.233 e. The highest BCUT2D eigenvalue weighted by Gasteiger charge is 2.33. The van der Waals surface area contributed by atoms with Gasteiger partial charge in [0.05, 0.1) is 5.92 Å². The zero-order chi connectivity index (χ0) is 8.43. The van der Waals surface area contributed by atoms with Crippen molar-refractivity contribution >= 4 is 11.7 Å². The SMILES string of the molecule is CCN1CCC(C(C)=O)C1=O. The fourth-order valence-electron chi connectivity index (χ4n) is 1.43. The summed E-state index contributed by atoms with van der Waals surface area (Å²) in [5.74, 6) is -0.319. The molecule has 1 unspecified atom stereocenters. The van der Waals surface area contributed by atoms with E-state index in [1.165, 1.54) is 6.92 Å². The third-order valence-electron chi connectivity index (χ3n) is 2.17. The molecule has 0 spiro atoms. The van der Waals surface area contributed by atoms with Crippen LogP contribution in [0.2, 0.25) is 0 Å². The first-order valence-electron chi connectivity index (χ1n) is 3.96. The van der Waals surface area contributed by atoms with Crippen molar-refractivity contribution in [2.75, 3.05) is 13.1 Å². The van der Waals surface area contributed by atoms with Crippen molar-refractivity contribution in [2.45, 2.75) is 20.3 Å². The van der Waals surface area contributed by atoms with Crippen LogP contribution in [0.25, 0.3) is 0 Å². The van der Waals surface area contributed by atoms with Crippen molar-refractivity contribution in [3.63, 3.8) is 0 Å². The van der Waals surface area contributed by atoms with E-state index in [0.717, 1.165) is 13.1 Å². The van der Waals surface area contributed by atoms with E-state index in [4.69, 9.17) is 0 Å². The van der Waals surface area contributed by atoms with Crippen molar-refractivity contribution in [1.82, 2.24) is 4.90 Å². The lowest BCUT2D eigenvalue weighted by Crippen LogP contribution is -2.29. The molecule has 1 atom stereocenters. The normalized spacial score (nSPS) is 24.4. The van der Waals surface area contributed by atoms with Gasteiger partial charge in [-0.2, -0.15) is 0 Å². The lowest BCUT2D eigenvalue weighted by atomic mass is 10.0. The second-order valence-electron chi connectivity index (χ2n) is 2.87. The number of hydrogen-bond acceptors (Lipinski definition) is 2. The van der Waals surface area contributed by atoms with Crippen LogP contribution in [0, 0.1) is 5.92 Å². The van der Waals surface area contributed by atoms with Gasteiger partial charge in [-0.05, 0) is 20.3 Å². The van der Waals surface area contributed by atoms with Gasteiger partial charge in [0.15, 0.2) is 0 Å². The van der Waals surface area contributed by atoms with E-state index >= 15 is 0 Å². The Labute approximate surface area is 66.4 Å². The van der Waals surface area contributed by atoms with Crippen LogP contribution in [0.3, 0.4) is 0 Å². The van der Waals surface area contributed by atoms with Crippen molar-refractivity contribution in [3.05, 3.63) is 0 Å². The zero-order valence-corrected chi connectivity index (χ0v) is 6.96. The molecule has 0 bridgehead atoms. The van der Waals surface area contributed by atoms with Gasteiger partial charge in [-0.25, -0.2) is 0 Å². The molecule has 1 aliphatic heterocycles. The predicted octanol–water partition coefficient (Wildman–Crippen LogP) is 0.444. The van der Waals surface area contributed by atoms with Gasteiger partial charge >= 0.3 is 0 Å². The van der Waals surface area contributed by atoms with Gasteiger partial charge < -0.3 is 4.90 Å². The molecule has 11 heavy (non-hydrogen) atoms. The van der Waals surface area contributed by atoms with E-state index in [0.29, 0.717) is 6.42 Å². The number of Topliss-reactive ketones (excluding diaryl/α,β-unsaturated/α-hetero) is 1. The molecule has 0 aromatic heterocycles. The molecule has 0 aromatic carbocycles. The third-order valence-corrected chi connectivity index (χ3v) is 2.17. The molecule has 0 radical (unpaired) electrons. The molecule has 1 fully saturated rings. The summed E-state index contributed by atoms with van der Waals surface area (Å²) >= 11 is 0. The van der Waals surface area contributed by atoms with Gasteiger partial charge in [0, 0.05) is 13.1 Å². The predicted molar refractivity (Wildman–Crippen MR) is 41.0 cm³/mol. The second-order valence-corrected chi connectivity index (χ2v) is 2.87. The van der Waals surface area contributed by atoms with Gasteiger partial charge in [-0.3, -0.25) is 9.59 Å². The molecular weight excluding hydrogens is 142 g/mol. The minimum atomic E-state index is -0.338. The Morgan fingerprint density at radius 1 is 1.73 bits per heavy atom. The zero-order valence-electron chi connectivity index (χ0n) is 6.96. The van der Waals surface area contributed by atoms with Crippen LogP contribution < -0.4 is 0 Å². The van der Waals surface area contributed by atoms with E-state index < -0.39 is 0 Å². The number of carbonyl (C=O) groups excluding carboxylic acids is 2. The van der Waals surface area contributed by atoms with Crippen LogP contribution in [-0.2, 0) is 9.59 Å². The summed E-state index contributed by atoms with van der Waals surface area (Å²) in [5, 5.41) is 0. The lowest BCUT2D eigenvalue weighted by Gasteiger charge is -2.11. The number of ketones is 1. The number of rotatable bonds is 2. The van der Waals surface area contributed by atoms with Crippen molar-refractivity contribution in [1.29, 1.82) is 0 Å². The first-order valence-corrected chi connectivity index (χ1v) is 3.96. The summed E-state index contributed by atoms with van der Waals surface area (Å²) in [6, 6.07) is 0. The average Bonchev–Trinajstić information content (AvgIpc) is 2.30. The monoisotopic (exact) mass is 155 g/mol. The Morgan fingerprint density at radius 3 is 2.64 bits per heavy atom. The fraction of sp³-hybridized carbons (Fsp3) is 0.750. The highest BCUT2D eigenvalue weighted by atomic mass is 16.2. The number of hydrogen-bond donors (Lipinski definition) is 0. The summed E-state index contributed by atoms with van der Waals surface area (Å²) < 4.78 is 0. The molecule has 3 nitrogen and oxygen atoms in total. The summed E-state index contributed by atoms with van der Waals surface area (Å²) in [4.78, 5) is 23.9. The molecule has 1 aliphatic rings. The minimum absolute atomic E-state index is 0.00551. The molecular formula is C8H13NO2. The van der Waals surface area contributed by atoms with Crippen molar-refractivity contribution in [3.8, 4) is 0 Å². The number of likely N-dealkylation sites (tertiary alicyclic amines) is 1. The van der Waals surface area contributed by atoms with Gasteiger partial charge in [-0.15, -0.1) is 0 Å². The lowest BCUT2D eigenvalue weighted by molar-refractivity contribution is -0.135. The Balaban J connectivity index is 2.63. The van der Waals surface area contributed by atoms with Crippen molar-refractivity contribution in [2.24, 2.45) is 5.92 Å². The number of nitrogens with zero attached hydrogens (tertiary/aromatic N) is 1. The van der Waals surface area contributed by atoms with E-state index in [9.17, 15) is 9.59 Å². The highest BCUT2D eigenvalue weighted by Crippen LogP contribution is 2.17. The third kappa shape index (κ3) is 1.42. The summed E-state index contributed by atoms with van der Waals surface area (Å²) in [5.41, 5.74) is 0. The van der Waals surface area contributed by atoms with Crippen molar-refractivity contribution < 1.29 is 9.59 Å². The standard InChI is InChI=1S/C8H13NO2/c1-3-9-5-4-7(6(2)10)8(9)11/h7H,3-5H2,1-2H3. The quantitative estimate of drug-likeness (QED) is 0.543. The van der Waals surface area contributed by atoms with Crippen LogP contribution in [0.15, 0.2) is 0 Å². The average molecular weight is 155 g/mol. The summed E-state index contributed by atoms with van der Waals surface area (Å²) in [6.07, 6.45) is 0.710. The molecule has 62 valence electrons. The van der Waals surface area contributed by atoms with Gasteiger partial charge in [0.2, 0.25) is 5.91 Å². The fourth-order valence-corrected chi connectivity index (χ4v) is 1.43. The first kappa shape index (κ1) is 8.24. The van der Waals surface area contributed by atoms with Crippen LogP contribution in [0.4, 0.5) is 0 Å². The molecule has 1 amide bonds. The molecule has 1 heterocycles. The molecule has 0 N–H and O–H groups in total. The Bertz CT molecular complexity index is 189. The van der Waals surface area contributed by atoms with Crippen LogP contribution in [-0.4, -0.2) is 29.7 Å². The molecule has 1 saturated heterocycles. The minimum Gasteiger partial charge on any atom is -0.342 e. The smallest absolute Gasteiger partial charge is 0.233 e. The Hall–Kier alpha value is -0.860. The van der Waals surface area contributed by atoms with E-state index in [2.05, 4.69) is 0 Å². The molecule has 0 aliphatic carbocycles. The number of amides is 1. The maximum absolute atomic E-state index is 11.3. The summed E-state index contributed by atoms with van der Waals surface area (Å²) in [6.45, 7) is 4.89. The van der Waals surface area contributed by atoms with Gasteiger partial charge in [0.25, 0.3) is 0 Å². The van der Waals surface area contributed by atoms with Gasteiger partial charge in [0.1, 0.15) is 5.78 Å². The topological polar surface area (TPSA) is 37.4 Å². The van der Waals surface area contributed by atoms with Crippen LogP contribution >= 0.6 is 0 Å². The highest BCUT2D eigenvalue weighted by molar-refractivity contribution is 6.01.